The van der Waals surface area contributed by atoms with Crippen LogP contribution in [0.3, 0.4) is 0 Å². The molecule has 1 unspecified atom stereocenters. The van der Waals surface area contributed by atoms with Gasteiger partial charge in [0.1, 0.15) is 0 Å². The first-order chi connectivity index (χ1) is 9.24. The number of aromatic nitrogens is 2. The monoisotopic (exact) mass is 302 g/mol. The van der Waals surface area contributed by atoms with Crippen molar-refractivity contribution in [3.8, 4) is 0 Å². The van der Waals surface area contributed by atoms with E-state index in [0.29, 0.717) is 5.92 Å². The minimum atomic E-state index is -3.98. The Labute approximate surface area is 116 Å². The summed E-state index contributed by atoms with van der Waals surface area (Å²) in [7, 11) is -1.36. The zero-order chi connectivity index (χ0) is 15.1. The maximum atomic E-state index is 12.1. The molecule has 3 N–H and O–H groups in total. The summed E-state index contributed by atoms with van der Waals surface area (Å²) in [6.07, 6.45) is 3.03. The van der Waals surface area contributed by atoms with Crippen LogP contribution in [0.25, 0.3) is 0 Å². The Kier molecular flexibility index (Phi) is 3.85. The summed E-state index contributed by atoms with van der Waals surface area (Å²) in [6, 6.07) is -0.249. The van der Waals surface area contributed by atoms with Crippen LogP contribution in [0.2, 0.25) is 0 Å². The number of nitrogens with two attached hydrogens (primary N) is 1. The average Bonchev–Trinajstić information content (AvgIpc) is 3.22. The molecule has 112 valence electrons. The van der Waals surface area contributed by atoms with Gasteiger partial charge in [-0.3, -0.25) is 9.36 Å². The predicted molar refractivity (Wildman–Crippen MR) is 72.8 cm³/mol. The lowest BCUT2D eigenvalue weighted by molar-refractivity contribution is 0.542. The highest BCUT2D eigenvalue weighted by Crippen LogP contribution is 2.31. The maximum Gasteiger partial charge on any atom is 0.330 e. The van der Waals surface area contributed by atoms with E-state index in [-0.39, 0.29) is 12.6 Å². The largest absolute Gasteiger partial charge is 0.330 e. The van der Waals surface area contributed by atoms with E-state index in [0.717, 1.165) is 28.2 Å². The molecular formula is C11H18N4O4S. The maximum absolute atomic E-state index is 12.1. The van der Waals surface area contributed by atoms with Crippen LogP contribution < -0.4 is 21.7 Å². The Morgan fingerprint density at radius 1 is 1.40 bits per heavy atom. The first-order valence-electron chi connectivity index (χ1n) is 6.26. The van der Waals surface area contributed by atoms with E-state index in [1.807, 2.05) is 0 Å². The smallest absolute Gasteiger partial charge is 0.326 e. The van der Waals surface area contributed by atoms with E-state index in [9.17, 15) is 18.0 Å². The molecule has 20 heavy (non-hydrogen) atoms. The molecule has 1 aliphatic rings. The van der Waals surface area contributed by atoms with Crippen LogP contribution in [0, 0.1) is 5.92 Å². The number of nitrogens with zero attached hydrogens (tertiary/aromatic N) is 2. The Morgan fingerprint density at radius 3 is 2.55 bits per heavy atom. The normalized spacial score (nSPS) is 17.1. The van der Waals surface area contributed by atoms with Crippen molar-refractivity contribution < 1.29 is 8.42 Å². The zero-order valence-corrected chi connectivity index (χ0v) is 12.2. The van der Waals surface area contributed by atoms with Crippen LogP contribution in [0.5, 0.6) is 0 Å². The van der Waals surface area contributed by atoms with Gasteiger partial charge in [-0.05, 0) is 18.8 Å². The highest BCUT2D eigenvalue weighted by Gasteiger charge is 2.30. The molecular weight excluding hydrogens is 284 g/mol. The molecule has 0 spiro atoms. The van der Waals surface area contributed by atoms with Crippen molar-refractivity contribution in [2.75, 3.05) is 6.54 Å². The molecule has 1 aromatic heterocycles. The van der Waals surface area contributed by atoms with Gasteiger partial charge in [-0.1, -0.05) is 0 Å². The van der Waals surface area contributed by atoms with Gasteiger partial charge in [0.2, 0.25) is 10.0 Å². The molecule has 1 atom stereocenters. The van der Waals surface area contributed by atoms with E-state index in [1.165, 1.54) is 14.1 Å². The summed E-state index contributed by atoms with van der Waals surface area (Å²) in [6.45, 7) is 0.0823. The third-order valence-electron chi connectivity index (χ3n) is 3.44. The fourth-order valence-electron chi connectivity index (χ4n) is 1.93. The van der Waals surface area contributed by atoms with E-state index in [2.05, 4.69) is 4.72 Å². The summed E-state index contributed by atoms with van der Waals surface area (Å²) >= 11 is 0. The second kappa shape index (κ2) is 5.15. The molecule has 1 aromatic rings. The fourth-order valence-corrected chi connectivity index (χ4v) is 3.17. The molecule has 0 aliphatic heterocycles. The lowest BCUT2D eigenvalue weighted by atomic mass is 10.2. The van der Waals surface area contributed by atoms with Crippen LogP contribution in [0.4, 0.5) is 0 Å². The summed E-state index contributed by atoms with van der Waals surface area (Å²) in [5.41, 5.74) is 4.39. The van der Waals surface area contributed by atoms with Crippen LogP contribution >= 0.6 is 0 Å². The molecule has 1 fully saturated rings. The van der Waals surface area contributed by atoms with Crippen molar-refractivity contribution in [2.45, 2.75) is 23.8 Å². The fraction of sp³-hybridized carbons (Fsp3) is 0.636. The number of sulfonamides is 1. The highest BCUT2D eigenvalue weighted by atomic mass is 32.2. The van der Waals surface area contributed by atoms with Crippen LogP contribution in [-0.2, 0) is 24.1 Å². The van der Waals surface area contributed by atoms with Gasteiger partial charge >= 0.3 is 5.69 Å². The number of nitrogens with one attached hydrogen (secondary N) is 1. The van der Waals surface area contributed by atoms with Gasteiger partial charge in [-0.2, -0.15) is 0 Å². The lowest BCUT2D eigenvalue weighted by Crippen LogP contribution is -2.44. The molecule has 0 amide bonds. The van der Waals surface area contributed by atoms with Crippen molar-refractivity contribution >= 4 is 10.0 Å². The molecule has 0 radical (unpaired) electrons. The molecule has 2 rings (SSSR count). The molecule has 1 heterocycles. The predicted octanol–water partition coefficient (Wildman–Crippen LogP) is -1.90. The topological polar surface area (TPSA) is 116 Å². The van der Waals surface area contributed by atoms with Gasteiger partial charge in [0.05, 0.1) is 0 Å². The average molecular weight is 302 g/mol. The second-order valence-electron chi connectivity index (χ2n) is 5.10. The van der Waals surface area contributed by atoms with Gasteiger partial charge < -0.3 is 10.3 Å². The highest BCUT2D eigenvalue weighted by molar-refractivity contribution is 7.89. The zero-order valence-electron chi connectivity index (χ0n) is 11.4. The van der Waals surface area contributed by atoms with E-state index in [4.69, 9.17) is 5.73 Å². The standard InChI is InChI=1S/C11H18N4O4S/c1-14-6-9(10(16)15(2)11(14)17)20(18,19)13-5-8(12)7-3-4-7/h6-8,13H,3-5,12H2,1-2H3. The van der Waals surface area contributed by atoms with Crippen LogP contribution in [-0.4, -0.2) is 30.1 Å². The third kappa shape index (κ3) is 2.84. The van der Waals surface area contributed by atoms with Crippen molar-refractivity contribution in [1.82, 2.24) is 13.9 Å². The molecule has 9 heteroatoms. The first kappa shape index (κ1) is 14.9. The molecule has 0 saturated heterocycles. The molecule has 0 bridgehead atoms. The second-order valence-corrected chi connectivity index (χ2v) is 6.84. The van der Waals surface area contributed by atoms with Crippen LogP contribution in [0.1, 0.15) is 12.8 Å². The van der Waals surface area contributed by atoms with Crippen LogP contribution in [0.15, 0.2) is 20.7 Å². The SMILES string of the molecule is Cn1cc(S(=O)(=O)NCC(N)C2CC2)c(=O)n(C)c1=O. The Balaban J connectivity index is 2.29. The van der Waals surface area contributed by atoms with Gasteiger partial charge in [-0.25, -0.2) is 17.9 Å². The minimum Gasteiger partial charge on any atom is -0.326 e. The third-order valence-corrected chi connectivity index (χ3v) is 4.85. The first-order valence-corrected chi connectivity index (χ1v) is 7.74. The quantitative estimate of drug-likeness (QED) is 0.659. The number of hydrogen-bond donors (Lipinski definition) is 2. The molecule has 1 saturated carbocycles. The Hall–Kier alpha value is -1.45. The summed E-state index contributed by atoms with van der Waals surface area (Å²) in [5.74, 6) is 0.348. The Morgan fingerprint density at radius 2 is 2.00 bits per heavy atom. The molecule has 8 nitrogen and oxygen atoms in total. The van der Waals surface area contributed by atoms with Gasteiger partial charge in [-0.15, -0.1) is 0 Å². The number of rotatable bonds is 5. The number of hydrogen-bond acceptors (Lipinski definition) is 5. The van der Waals surface area contributed by atoms with Gasteiger partial charge in [0, 0.05) is 32.9 Å². The number of aryl methyl sites for hydroxylation is 1. The van der Waals surface area contributed by atoms with Crippen molar-refractivity contribution in [2.24, 2.45) is 25.7 Å². The summed E-state index contributed by atoms with van der Waals surface area (Å²) < 4.78 is 28.4. The van der Waals surface area contributed by atoms with E-state index < -0.39 is 26.2 Å². The van der Waals surface area contributed by atoms with Gasteiger partial charge in [0.25, 0.3) is 5.56 Å². The Bertz CT molecular complexity index is 730. The van der Waals surface area contributed by atoms with E-state index >= 15 is 0 Å². The summed E-state index contributed by atoms with van der Waals surface area (Å²) in [4.78, 5) is 22.9. The van der Waals surface area contributed by atoms with Crippen molar-refractivity contribution in [3.63, 3.8) is 0 Å². The summed E-state index contributed by atoms with van der Waals surface area (Å²) in [5, 5.41) is 0. The van der Waals surface area contributed by atoms with E-state index in [1.54, 1.807) is 0 Å². The minimum absolute atomic E-state index is 0.0823. The van der Waals surface area contributed by atoms with Crippen molar-refractivity contribution in [3.05, 3.63) is 27.0 Å². The van der Waals surface area contributed by atoms with Gasteiger partial charge in [0.15, 0.2) is 4.90 Å². The lowest BCUT2D eigenvalue weighted by Gasteiger charge is -2.12. The molecule has 1 aliphatic carbocycles. The van der Waals surface area contributed by atoms with Crippen molar-refractivity contribution in [1.29, 1.82) is 0 Å². The molecule has 0 aromatic carbocycles.